The largest absolute Gasteiger partial charge is 0.338 e. The summed E-state index contributed by atoms with van der Waals surface area (Å²) in [6.07, 6.45) is 5.43. The van der Waals surface area contributed by atoms with Gasteiger partial charge in [0, 0.05) is 25.2 Å². The van der Waals surface area contributed by atoms with Crippen LogP contribution in [0.1, 0.15) is 18.4 Å². The first-order valence-corrected chi connectivity index (χ1v) is 6.59. The third-order valence-corrected chi connectivity index (χ3v) is 3.43. The summed E-state index contributed by atoms with van der Waals surface area (Å²) in [6, 6.07) is 6.48. The predicted octanol–water partition coefficient (Wildman–Crippen LogP) is 2.05. The number of rotatable bonds is 3. The van der Waals surface area contributed by atoms with Crippen molar-refractivity contribution in [2.24, 2.45) is 0 Å². The van der Waals surface area contributed by atoms with Crippen molar-refractivity contribution in [2.45, 2.75) is 18.9 Å². The van der Waals surface area contributed by atoms with E-state index in [-0.39, 0.29) is 11.7 Å². The summed E-state index contributed by atoms with van der Waals surface area (Å²) < 4.78 is 12.8. The molecule has 1 N–H and O–H groups in total. The number of benzene rings is 1. The first-order valence-electron chi connectivity index (χ1n) is 6.59. The van der Waals surface area contributed by atoms with E-state index < -0.39 is 0 Å². The molecule has 0 unspecified atom stereocenters. The van der Waals surface area contributed by atoms with E-state index in [0.29, 0.717) is 6.04 Å². The second-order valence-electron chi connectivity index (χ2n) is 4.80. The molecule has 1 amide bonds. The second-order valence-corrected chi connectivity index (χ2v) is 4.80. The van der Waals surface area contributed by atoms with Gasteiger partial charge in [-0.15, -0.1) is 0 Å². The highest BCUT2D eigenvalue weighted by atomic mass is 19.1. The molecule has 1 saturated heterocycles. The fourth-order valence-corrected chi connectivity index (χ4v) is 2.26. The third kappa shape index (κ3) is 3.89. The number of likely N-dealkylation sites (tertiary alicyclic amines) is 1. The quantitative estimate of drug-likeness (QED) is 0.846. The molecule has 0 aliphatic carbocycles. The zero-order valence-corrected chi connectivity index (χ0v) is 11.1. The normalized spacial score (nSPS) is 19.9. The lowest BCUT2D eigenvalue weighted by molar-refractivity contribution is -0.127. The standard InChI is InChI=1S/C15H19FN2O/c1-17-14-3-2-10-18(11-14)15(19)9-6-12-4-7-13(16)8-5-12/h4-9,14,17H,2-3,10-11H2,1H3/b9-6-/t14-/m1/s1. The Hall–Kier alpha value is -1.68. The van der Waals surface area contributed by atoms with Gasteiger partial charge in [0.2, 0.25) is 5.91 Å². The van der Waals surface area contributed by atoms with Crippen molar-refractivity contribution in [1.82, 2.24) is 10.2 Å². The van der Waals surface area contributed by atoms with Crippen LogP contribution >= 0.6 is 0 Å². The molecule has 0 spiro atoms. The Kier molecular flexibility index (Phi) is 4.68. The molecule has 1 heterocycles. The molecule has 2 rings (SSSR count). The van der Waals surface area contributed by atoms with Gasteiger partial charge in [-0.2, -0.15) is 0 Å². The number of carbonyl (C=O) groups is 1. The van der Waals surface area contributed by atoms with Gasteiger partial charge in [-0.1, -0.05) is 12.1 Å². The van der Waals surface area contributed by atoms with Crippen molar-refractivity contribution in [3.05, 3.63) is 41.7 Å². The Morgan fingerprint density at radius 1 is 1.42 bits per heavy atom. The van der Waals surface area contributed by atoms with Crippen molar-refractivity contribution >= 4 is 12.0 Å². The molecule has 0 aromatic heterocycles. The Labute approximate surface area is 113 Å². The predicted molar refractivity (Wildman–Crippen MR) is 74.1 cm³/mol. The Bertz CT molecular complexity index is 456. The first-order chi connectivity index (χ1) is 9.19. The van der Waals surface area contributed by atoms with Crippen molar-refractivity contribution < 1.29 is 9.18 Å². The summed E-state index contributed by atoms with van der Waals surface area (Å²) in [7, 11) is 1.92. The molecule has 4 heteroatoms. The van der Waals surface area contributed by atoms with Gasteiger partial charge < -0.3 is 10.2 Å². The van der Waals surface area contributed by atoms with Gasteiger partial charge in [-0.05, 0) is 43.7 Å². The van der Waals surface area contributed by atoms with Crippen LogP contribution in [0.4, 0.5) is 4.39 Å². The SMILES string of the molecule is CN[C@@H]1CCCN(C(=O)/C=C\c2ccc(F)cc2)C1. The van der Waals surface area contributed by atoms with Crippen molar-refractivity contribution in [3.63, 3.8) is 0 Å². The number of nitrogens with zero attached hydrogens (tertiary/aromatic N) is 1. The number of likely N-dealkylation sites (N-methyl/N-ethyl adjacent to an activating group) is 1. The fraction of sp³-hybridized carbons (Fsp3) is 0.400. The Morgan fingerprint density at radius 2 is 2.16 bits per heavy atom. The lowest BCUT2D eigenvalue weighted by Crippen LogP contribution is -2.46. The maximum absolute atomic E-state index is 12.8. The molecule has 1 aliphatic heterocycles. The molecular weight excluding hydrogens is 243 g/mol. The highest BCUT2D eigenvalue weighted by Gasteiger charge is 2.20. The number of hydrogen-bond acceptors (Lipinski definition) is 2. The maximum Gasteiger partial charge on any atom is 0.246 e. The first kappa shape index (κ1) is 13.7. The minimum Gasteiger partial charge on any atom is -0.338 e. The van der Waals surface area contributed by atoms with Crippen molar-refractivity contribution in [2.75, 3.05) is 20.1 Å². The van der Waals surface area contributed by atoms with E-state index in [4.69, 9.17) is 0 Å². The number of carbonyl (C=O) groups excluding carboxylic acids is 1. The molecular formula is C15H19FN2O. The molecule has 1 fully saturated rings. The molecule has 0 bridgehead atoms. The third-order valence-electron chi connectivity index (χ3n) is 3.43. The lowest BCUT2D eigenvalue weighted by atomic mass is 10.1. The summed E-state index contributed by atoms with van der Waals surface area (Å²) in [6.45, 7) is 1.56. The van der Waals surface area contributed by atoms with Crippen molar-refractivity contribution in [3.8, 4) is 0 Å². The molecule has 3 nitrogen and oxygen atoms in total. The monoisotopic (exact) mass is 262 g/mol. The Morgan fingerprint density at radius 3 is 2.84 bits per heavy atom. The topological polar surface area (TPSA) is 32.3 Å². The summed E-state index contributed by atoms with van der Waals surface area (Å²) in [5.41, 5.74) is 0.830. The van der Waals surface area contributed by atoms with Gasteiger partial charge in [-0.25, -0.2) is 4.39 Å². The highest BCUT2D eigenvalue weighted by Crippen LogP contribution is 2.11. The number of halogens is 1. The van der Waals surface area contributed by atoms with E-state index in [1.807, 2.05) is 11.9 Å². The van der Waals surface area contributed by atoms with Crippen LogP contribution in [0.15, 0.2) is 30.3 Å². The van der Waals surface area contributed by atoms with E-state index in [9.17, 15) is 9.18 Å². The van der Waals surface area contributed by atoms with E-state index >= 15 is 0 Å². The zero-order chi connectivity index (χ0) is 13.7. The summed E-state index contributed by atoms with van der Waals surface area (Å²) in [5, 5.41) is 3.21. The molecule has 0 saturated carbocycles. The fourth-order valence-electron chi connectivity index (χ4n) is 2.26. The molecule has 102 valence electrons. The van der Waals surface area contributed by atoms with Crippen LogP contribution in [0.5, 0.6) is 0 Å². The van der Waals surface area contributed by atoms with Gasteiger partial charge in [0.25, 0.3) is 0 Å². The van der Waals surface area contributed by atoms with Crippen LogP contribution in [-0.4, -0.2) is 37.0 Å². The average molecular weight is 262 g/mol. The van der Waals surface area contributed by atoms with Crippen LogP contribution in [0.25, 0.3) is 6.08 Å². The maximum atomic E-state index is 12.8. The number of hydrogen-bond donors (Lipinski definition) is 1. The molecule has 0 radical (unpaired) electrons. The second kappa shape index (κ2) is 6.48. The van der Waals surface area contributed by atoms with Crippen LogP contribution < -0.4 is 5.32 Å². The molecule has 1 aromatic carbocycles. The van der Waals surface area contributed by atoms with E-state index in [1.165, 1.54) is 12.1 Å². The van der Waals surface area contributed by atoms with Crippen LogP contribution in [0, 0.1) is 5.82 Å². The minimum absolute atomic E-state index is 0.0178. The number of amides is 1. The average Bonchev–Trinajstić information content (AvgIpc) is 2.46. The summed E-state index contributed by atoms with van der Waals surface area (Å²) in [5.74, 6) is -0.249. The van der Waals surface area contributed by atoms with Gasteiger partial charge in [0.15, 0.2) is 0 Å². The van der Waals surface area contributed by atoms with E-state index in [0.717, 1.165) is 31.5 Å². The van der Waals surface area contributed by atoms with Crippen LogP contribution in [0.3, 0.4) is 0 Å². The summed E-state index contributed by atoms with van der Waals surface area (Å²) >= 11 is 0. The molecule has 1 aromatic rings. The molecule has 19 heavy (non-hydrogen) atoms. The van der Waals surface area contributed by atoms with Gasteiger partial charge in [0.05, 0.1) is 0 Å². The highest BCUT2D eigenvalue weighted by molar-refractivity contribution is 5.91. The van der Waals surface area contributed by atoms with Gasteiger partial charge >= 0.3 is 0 Å². The van der Waals surface area contributed by atoms with Crippen molar-refractivity contribution in [1.29, 1.82) is 0 Å². The van der Waals surface area contributed by atoms with Gasteiger partial charge in [0.1, 0.15) is 5.82 Å². The molecule has 1 aliphatic rings. The molecule has 1 atom stereocenters. The van der Waals surface area contributed by atoms with E-state index in [1.54, 1.807) is 24.3 Å². The lowest BCUT2D eigenvalue weighted by Gasteiger charge is -2.31. The smallest absolute Gasteiger partial charge is 0.246 e. The number of nitrogens with one attached hydrogen (secondary N) is 1. The zero-order valence-electron chi connectivity index (χ0n) is 11.1. The summed E-state index contributed by atoms with van der Waals surface area (Å²) in [4.78, 5) is 13.9. The Balaban J connectivity index is 1.94. The number of piperidine rings is 1. The van der Waals surface area contributed by atoms with Crippen LogP contribution in [0.2, 0.25) is 0 Å². The van der Waals surface area contributed by atoms with E-state index in [2.05, 4.69) is 5.32 Å². The van der Waals surface area contributed by atoms with Crippen LogP contribution in [-0.2, 0) is 4.79 Å². The van der Waals surface area contributed by atoms with Gasteiger partial charge in [-0.3, -0.25) is 4.79 Å². The minimum atomic E-state index is -0.267.